The van der Waals surface area contributed by atoms with Gasteiger partial charge < -0.3 is 0 Å². The number of carbonyl (C=O) groups excluding carboxylic acids is 2. The molecule has 2 N–H and O–H groups in total. The van der Waals surface area contributed by atoms with E-state index < -0.39 is 11.8 Å². The Hall–Kier alpha value is -3.55. The summed E-state index contributed by atoms with van der Waals surface area (Å²) in [4.78, 5) is 25.2. The van der Waals surface area contributed by atoms with Crippen molar-refractivity contribution >= 4 is 11.8 Å². The van der Waals surface area contributed by atoms with Gasteiger partial charge in [0, 0.05) is 11.1 Å². The lowest BCUT2D eigenvalue weighted by Crippen LogP contribution is -2.43. The molecule has 3 rings (SSSR count). The monoisotopic (exact) mass is 364 g/mol. The van der Waals surface area contributed by atoms with Crippen molar-refractivity contribution in [1.82, 2.24) is 31.1 Å². The molecular formula is C19H20N6O2. The van der Waals surface area contributed by atoms with Crippen LogP contribution >= 0.6 is 0 Å². The summed E-state index contributed by atoms with van der Waals surface area (Å²) < 4.78 is 0. The van der Waals surface area contributed by atoms with E-state index >= 15 is 0 Å². The first-order valence-corrected chi connectivity index (χ1v) is 8.55. The minimum absolute atomic E-state index is 0.160. The number of hydrogen-bond donors (Lipinski definition) is 2. The summed E-state index contributed by atoms with van der Waals surface area (Å²) in [6.45, 7) is 4.00. The number of nitrogens with zero attached hydrogens (tertiary/aromatic N) is 4. The molecule has 138 valence electrons. The molecule has 27 heavy (non-hydrogen) atoms. The molecular weight excluding hydrogens is 344 g/mol. The van der Waals surface area contributed by atoms with Crippen molar-refractivity contribution in [1.29, 1.82) is 0 Å². The van der Waals surface area contributed by atoms with Crippen molar-refractivity contribution in [3.8, 4) is 11.4 Å². The van der Waals surface area contributed by atoms with Gasteiger partial charge >= 0.3 is 0 Å². The maximum Gasteiger partial charge on any atom is 0.269 e. The number of hydrogen-bond acceptors (Lipinski definition) is 5. The molecule has 0 fully saturated rings. The molecule has 0 aliphatic rings. The normalized spacial score (nSPS) is 10.6. The minimum Gasteiger partial charge on any atom is -0.271 e. The van der Waals surface area contributed by atoms with Gasteiger partial charge in [0.05, 0.1) is 0 Å². The summed E-state index contributed by atoms with van der Waals surface area (Å²) in [5.41, 5.74) is 7.14. The largest absolute Gasteiger partial charge is 0.271 e. The summed E-state index contributed by atoms with van der Waals surface area (Å²) in [5, 5.41) is 11.9. The van der Waals surface area contributed by atoms with Gasteiger partial charge in [-0.15, -0.1) is 10.2 Å². The second-order valence-corrected chi connectivity index (χ2v) is 6.29. The van der Waals surface area contributed by atoms with E-state index in [1.54, 1.807) is 12.1 Å². The van der Waals surface area contributed by atoms with E-state index in [2.05, 4.69) is 40.1 Å². The van der Waals surface area contributed by atoms with Crippen LogP contribution in [-0.2, 0) is 11.3 Å². The van der Waals surface area contributed by atoms with Gasteiger partial charge in [-0.25, -0.2) is 0 Å². The lowest BCUT2D eigenvalue weighted by molar-refractivity contribution is -0.122. The molecule has 0 bridgehead atoms. The number of amides is 2. The molecule has 2 amide bonds. The predicted molar refractivity (Wildman–Crippen MR) is 99.4 cm³/mol. The quantitative estimate of drug-likeness (QED) is 0.674. The van der Waals surface area contributed by atoms with E-state index in [4.69, 9.17) is 0 Å². The second kappa shape index (κ2) is 8.22. The van der Waals surface area contributed by atoms with Crippen LogP contribution in [0, 0.1) is 0 Å². The van der Waals surface area contributed by atoms with Crippen LogP contribution in [-0.4, -0.2) is 32.0 Å². The van der Waals surface area contributed by atoms with Gasteiger partial charge in [-0.2, -0.15) is 4.80 Å². The number of carbonyl (C=O) groups is 2. The maximum absolute atomic E-state index is 12.1. The highest BCUT2D eigenvalue weighted by molar-refractivity contribution is 5.95. The summed E-state index contributed by atoms with van der Waals surface area (Å²) in [6, 6.07) is 16.6. The van der Waals surface area contributed by atoms with Crippen molar-refractivity contribution in [2.75, 3.05) is 0 Å². The Labute approximate surface area is 156 Å². The van der Waals surface area contributed by atoms with Crippen molar-refractivity contribution < 1.29 is 9.59 Å². The van der Waals surface area contributed by atoms with Crippen LogP contribution in [0.5, 0.6) is 0 Å². The van der Waals surface area contributed by atoms with Crippen LogP contribution in [0.25, 0.3) is 11.4 Å². The first kappa shape index (κ1) is 18.2. The zero-order valence-electron chi connectivity index (χ0n) is 15.1. The average Bonchev–Trinajstić information content (AvgIpc) is 3.15. The minimum atomic E-state index is -0.459. The van der Waals surface area contributed by atoms with Crippen molar-refractivity contribution in [2.45, 2.75) is 26.3 Å². The SMILES string of the molecule is CC(C)c1ccc(C(=O)NNC(=O)Cn2nnc(-c3ccccc3)n2)cc1. The standard InChI is InChI=1S/C19H20N6O2/c1-13(2)14-8-10-16(11-9-14)19(27)22-20-17(26)12-25-23-18(21-24-25)15-6-4-3-5-7-15/h3-11,13H,12H2,1-2H3,(H,20,26)(H,22,27). The van der Waals surface area contributed by atoms with Gasteiger partial charge in [0.15, 0.2) is 0 Å². The third-order valence-electron chi connectivity index (χ3n) is 3.92. The molecule has 2 aromatic carbocycles. The van der Waals surface area contributed by atoms with Gasteiger partial charge in [0.25, 0.3) is 11.8 Å². The molecule has 0 radical (unpaired) electrons. The first-order valence-electron chi connectivity index (χ1n) is 8.55. The van der Waals surface area contributed by atoms with Gasteiger partial charge in [0.2, 0.25) is 5.82 Å². The molecule has 0 atom stereocenters. The van der Waals surface area contributed by atoms with E-state index in [1.165, 1.54) is 4.80 Å². The number of tetrazole rings is 1. The van der Waals surface area contributed by atoms with Gasteiger partial charge in [-0.05, 0) is 28.8 Å². The molecule has 0 spiro atoms. The number of hydrazine groups is 1. The molecule has 1 heterocycles. The van der Waals surface area contributed by atoms with Crippen LogP contribution in [0.15, 0.2) is 54.6 Å². The fourth-order valence-corrected chi connectivity index (χ4v) is 2.40. The highest BCUT2D eigenvalue weighted by atomic mass is 16.2. The molecule has 0 unspecified atom stereocenters. The predicted octanol–water partition coefficient (Wildman–Crippen LogP) is 1.92. The summed E-state index contributed by atoms with van der Waals surface area (Å²) in [5.74, 6) is -0.0372. The van der Waals surface area contributed by atoms with Crippen LogP contribution in [0.4, 0.5) is 0 Å². The second-order valence-electron chi connectivity index (χ2n) is 6.29. The Kier molecular flexibility index (Phi) is 5.55. The molecule has 0 saturated carbocycles. The molecule has 8 nitrogen and oxygen atoms in total. The Bertz CT molecular complexity index is 919. The van der Waals surface area contributed by atoms with E-state index in [-0.39, 0.29) is 6.54 Å². The summed E-state index contributed by atoms with van der Waals surface area (Å²) in [6.07, 6.45) is 0. The zero-order valence-corrected chi connectivity index (χ0v) is 15.1. The van der Waals surface area contributed by atoms with Gasteiger partial charge in [-0.1, -0.05) is 56.3 Å². The van der Waals surface area contributed by atoms with Crippen LogP contribution < -0.4 is 10.9 Å². The highest BCUT2D eigenvalue weighted by Gasteiger charge is 2.11. The topological polar surface area (TPSA) is 102 Å². The molecule has 1 aromatic heterocycles. The maximum atomic E-state index is 12.1. The molecule has 8 heteroatoms. The number of nitrogens with one attached hydrogen (secondary N) is 2. The van der Waals surface area contributed by atoms with E-state index in [0.717, 1.165) is 11.1 Å². The molecule has 0 aliphatic carbocycles. The van der Waals surface area contributed by atoms with Crippen LogP contribution in [0.2, 0.25) is 0 Å². The van der Waals surface area contributed by atoms with Crippen LogP contribution in [0.1, 0.15) is 35.7 Å². The number of aromatic nitrogens is 4. The summed E-state index contributed by atoms with van der Waals surface area (Å²) in [7, 11) is 0. The Morgan fingerprint density at radius 1 is 1.00 bits per heavy atom. The number of rotatable bonds is 5. The zero-order chi connectivity index (χ0) is 19.2. The van der Waals surface area contributed by atoms with Gasteiger partial charge in [-0.3, -0.25) is 20.4 Å². The van der Waals surface area contributed by atoms with Gasteiger partial charge in [0.1, 0.15) is 6.54 Å². The smallest absolute Gasteiger partial charge is 0.269 e. The first-order chi connectivity index (χ1) is 13.0. The Morgan fingerprint density at radius 3 is 2.37 bits per heavy atom. The fraction of sp³-hybridized carbons (Fsp3) is 0.211. The Balaban J connectivity index is 1.52. The lowest BCUT2D eigenvalue weighted by Gasteiger charge is -2.08. The number of benzene rings is 2. The van der Waals surface area contributed by atoms with E-state index in [0.29, 0.717) is 17.3 Å². The van der Waals surface area contributed by atoms with Crippen molar-refractivity contribution in [2.24, 2.45) is 0 Å². The van der Waals surface area contributed by atoms with E-state index in [9.17, 15) is 9.59 Å². The van der Waals surface area contributed by atoms with E-state index in [1.807, 2.05) is 42.5 Å². The Morgan fingerprint density at radius 2 is 1.70 bits per heavy atom. The lowest BCUT2D eigenvalue weighted by atomic mass is 10.0. The third kappa shape index (κ3) is 4.75. The third-order valence-corrected chi connectivity index (χ3v) is 3.92. The average molecular weight is 364 g/mol. The molecule has 3 aromatic rings. The molecule has 0 saturated heterocycles. The summed E-state index contributed by atoms with van der Waals surface area (Å²) >= 11 is 0. The fourth-order valence-electron chi connectivity index (χ4n) is 2.40. The van der Waals surface area contributed by atoms with Crippen LogP contribution in [0.3, 0.4) is 0 Å². The molecule has 0 aliphatic heterocycles. The van der Waals surface area contributed by atoms with Crippen molar-refractivity contribution in [3.05, 3.63) is 65.7 Å². The highest BCUT2D eigenvalue weighted by Crippen LogP contribution is 2.14. The van der Waals surface area contributed by atoms with Crippen molar-refractivity contribution in [3.63, 3.8) is 0 Å².